The summed E-state index contributed by atoms with van der Waals surface area (Å²) >= 11 is 10.8. The van der Waals surface area contributed by atoms with Crippen LogP contribution in [0.1, 0.15) is 12.8 Å². The fourth-order valence-electron chi connectivity index (χ4n) is 2.26. The van der Waals surface area contributed by atoms with E-state index in [0.717, 1.165) is 0 Å². The fraction of sp³-hybridized carbons (Fsp3) is 0.364. The van der Waals surface area contributed by atoms with Gasteiger partial charge in [-0.05, 0) is 43.3 Å². The van der Waals surface area contributed by atoms with E-state index in [1.54, 1.807) is 18.2 Å². The summed E-state index contributed by atoms with van der Waals surface area (Å²) in [6.45, 7) is 0. The smallest absolute Gasteiger partial charge is 0.331 e. The van der Waals surface area contributed by atoms with Gasteiger partial charge in [0.05, 0.1) is 11.0 Å². The molecule has 0 bridgehead atoms. The molecule has 0 radical (unpaired) electrons. The van der Waals surface area contributed by atoms with Gasteiger partial charge in [-0.3, -0.25) is 0 Å². The molecule has 0 atom stereocenters. The topological polar surface area (TPSA) is 20.7 Å². The second kappa shape index (κ2) is 3.51. The Morgan fingerprint density at radius 2 is 2.00 bits per heavy atom. The molecule has 0 amide bonds. The van der Waals surface area contributed by atoms with E-state index in [2.05, 4.69) is 4.98 Å². The number of H-pyrrole nitrogens is 1. The van der Waals surface area contributed by atoms with Gasteiger partial charge in [0, 0.05) is 5.02 Å². The maximum absolute atomic E-state index is 13.1. The maximum Gasteiger partial charge on any atom is 0.412 e. The highest BCUT2D eigenvalue weighted by Gasteiger charge is 2.65. The normalized spacial score (nSPS) is 18.2. The molecule has 3 rings (SSSR count). The quantitative estimate of drug-likeness (QED) is 0.773. The third kappa shape index (κ3) is 1.52. The number of aromatic amines is 1. The van der Waals surface area contributed by atoms with Gasteiger partial charge in [-0.1, -0.05) is 11.6 Å². The number of nitrogens with zero attached hydrogens (tertiary/aromatic N) is 1. The van der Waals surface area contributed by atoms with Crippen molar-refractivity contribution in [2.24, 2.45) is 0 Å². The standard InChI is InChI=1S/C11H8ClF3N2S/c12-6-1-2-8-7(5-6)16-9(18)17(8)10(3-4-10)11(13,14)15/h1-2,5H,3-4H2,(H,16,18). The summed E-state index contributed by atoms with van der Waals surface area (Å²) in [6, 6.07) is 4.71. The number of alkyl halides is 3. The number of hydrogen-bond acceptors (Lipinski definition) is 1. The van der Waals surface area contributed by atoms with Crippen LogP contribution in [-0.4, -0.2) is 15.7 Å². The molecule has 96 valence electrons. The SMILES string of the molecule is FC(F)(F)C1(n2c(=S)[nH]c3cc(Cl)ccc32)CC1. The van der Waals surface area contributed by atoms with Crippen molar-refractivity contribution in [3.63, 3.8) is 0 Å². The van der Waals surface area contributed by atoms with Gasteiger partial charge in [0.25, 0.3) is 0 Å². The van der Waals surface area contributed by atoms with Gasteiger partial charge in [0.1, 0.15) is 5.54 Å². The lowest BCUT2D eigenvalue weighted by Gasteiger charge is -2.21. The van der Waals surface area contributed by atoms with E-state index >= 15 is 0 Å². The molecule has 1 aromatic carbocycles. The number of halogens is 4. The largest absolute Gasteiger partial charge is 0.412 e. The van der Waals surface area contributed by atoms with Gasteiger partial charge in [-0.2, -0.15) is 13.2 Å². The van der Waals surface area contributed by atoms with Gasteiger partial charge in [-0.15, -0.1) is 0 Å². The average molecular weight is 293 g/mol. The number of rotatable bonds is 1. The van der Waals surface area contributed by atoms with Gasteiger partial charge < -0.3 is 9.55 Å². The van der Waals surface area contributed by atoms with Gasteiger partial charge in [0.15, 0.2) is 4.77 Å². The molecular weight excluding hydrogens is 285 g/mol. The molecule has 1 fully saturated rings. The highest BCUT2D eigenvalue weighted by atomic mass is 35.5. The molecule has 1 aliphatic carbocycles. The van der Waals surface area contributed by atoms with Crippen LogP contribution in [0.15, 0.2) is 18.2 Å². The van der Waals surface area contributed by atoms with Crippen LogP contribution in [0.2, 0.25) is 5.02 Å². The highest BCUT2D eigenvalue weighted by molar-refractivity contribution is 7.71. The molecule has 1 heterocycles. The van der Waals surface area contributed by atoms with Crippen LogP contribution in [0.3, 0.4) is 0 Å². The van der Waals surface area contributed by atoms with E-state index in [9.17, 15) is 13.2 Å². The summed E-state index contributed by atoms with van der Waals surface area (Å²) in [5.41, 5.74) is -0.863. The minimum absolute atomic E-state index is 0.0698. The van der Waals surface area contributed by atoms with Crippen LogP contribution in [0.25, 0.3) is 11.0 Å². The number of nitrogens with one attached hydrogen (secondary N) is 1. The van der Waals surface area contributed by atoms with Crippen LogP contribution in [-0.2, 0) is 5.54 Å². The molecule has 2 nitrogen and oxygen atoms in total. The lowest BCUT2D eigenvalue weighted by molar-refractivity contribution is -0.179. The van der Waals surface area contributed by atoms with Gasteiger partial charge >= 0.3 is 6.18 Å². The number of imidazole rings is 1. The van der Waals surface area contributed by atoms with E-state index in [4.69, 9.17) is 23.8 Å². The third-order valence-corrected chi connectivity index (χ3v) is 3.84. The minimum atomic E-state index is -4.29. The predicted octanol–water partition coefficient (Wildman–Crippen LogP) is 4.40. The van der Waals surface area contributed by atoms with Crippen molar-refractivity contribution < 1.29 is 13.2 Å². The number of aromatic nitrogens is 2. The predicted molar refractivity (Wildman–Crippen MR) is 65.4 cm³/mol. The van der Waals surface area contributed by atoms with Crippen molar-refractivity contribution in [3.8, 4) is 0 Å². The average Bonchev–Trinajstić information content (AvgIpc) is 2.97. The van der Waals surface area contributed by atoms with Gasteiger partial charge in [0.2, 0.25) is 0 Å². The Kier molecular flexibility index (Phi) is 2.35. The number of benzene rings is 1. The molecule has 2 aromatic rings. The summed E-state index contributed by atoms with van der Waals surface area (Å²) in [4.78, 5) is 2.78. The number of fused-ring (bicyclic) bond motifs is 1. The molecular formula is C11H8ClF3N2S. The Hall–Kier alpha value is -1.01. The zero-order valence-corrected chi connectivity index (χ0v) is 10.6. The van der Waals surface area contributed by atoms with E-state index in [1.807, 2.05) is 0 Å². The van der Waals surface area contributed by atoms with Crippen molar-refractivity contribution in [1.29, 1.82) is 0 Å². The summed E-state index contributed by atoms with van der Waals surface area (Å²) in [6.07, 6.45) is -4.15. The summed E-state index contributed by atoms with van der Waals surface area (Å²) in [5.74, 6) is 0. The molecule has 1 aliphatic rings. The zero-order valence-electron chi connectivity index (χ0n) is 9.01. The van der Waals surface area contributed by atoms with Crippen LogP contribution in [0.5, 0.6) is 0 Å². The molecule has 0 aliphatic heterocycles. The summed E-state index contributed by atoms with van der Waals surface area (Å²) in [7, 11) is 0. The van der Waals surface area contributed by atoms with Gasteiger partial charge in [-0.25, -0.2) is 0 Å². The number of hydrogen-bond donors (Lipinski definition) is 1. The van der Waals surface area contributed by atoms with E-state index in [1.165, 1.54) is 4.57 Å². The first-order valence-electron chi connectivity index (χ1n) is 5.33. The van der Waals surface area contributed by atoms with E-state index in [0.29, 0.717) is 16.1 Å². The minimum Gasteiger partial charge on any atom is -0.331 e. The van der Waals surface area contributed by atoms with Crippen LogP contribution in [0.4, 0.5) is 13.2 Å². The third-order valence-electron chi connectivity index (χ3n) is 3.32. The maximum atomic E-state index is 13.1. The lowest BCUT2D eigenvalue weighted by Crippen LogP contribution is -2.34. The molecule has 0 saturated heterocycles. The molecule has 0 spiro atoms. The van der Waals surface area contributed by atoms with Crippen LogP contribution < -0.4 is 0 Å². The van der Waals surface area contributed by atoms with Crippen molar-refractivity contribution in [2.45, 2.75) is 24.6 Å². The Labute approximate surface area is 110 Å². The molecule has 0 unspecified atom stereocenters. The summed E-state index contributed by atoms with van der Waals surface area (Å²) < 4.78 is 40.7. The molecule has 1 aromatic heterocycles. The second-order valence-electron chi connectivity index (χ2n) is 4.46. The van der Waals surface area contributed by atoms with Crippen molar-refractivity contribution in [2.75, 3.05) is 0 Å². The Morgan fingerprint density at radius 1 is 1.33 bits per heavy atom. The summed E-state index contributed by atoms with van der Waals surface area (Å²) in [5, 5.41) is 0.461. The van der Waals surface area contributed by atoms with Crippen molar-refractivity contribution in [1.82, 2.24) is 9.55 Å². The van der Waals surface area contributed by atoms with Crippen LogP contribution in [0, 0.1) is 4.77 Å². The Balaban J connectivity index is 2.31. The fourth-order valence-corrected chi connectivity index (χ4v) is 2.82. The van der Waals surface area contributed by atoms with E-state index in [-0.39, 0.29) is 17.6 Å². The first-order chi connectivity index (χ1) is 8.35. The lowest BCUT2D eigenvalue weighted by atomic mass is 10.2. The molecule has 1 N–H and O–H groups in total. The first kappa shape index (κ1) is 12.0. The second-order valence-corrected chi connectivity index (χ2v) is 5.28. The van der Waals surface area contributed by atoms with Crippen LogP contribution >= 0.6 is 23.8 Å². The zero-order chi connectivity index (χ0) is 13.1. The molecule has 7 heteroatoms. The Bertz CT molecular complexity index is 682. The molecule has 18 heavy (non-hydrogen) atoms. The van der Waals surface area contributed by atoms with Crippen molar-refractivity contribution >= 4 is 34.9 Å². The Morgan fingerprint density at radius 3 is 2.56 bits per heavy atom. The van der Waals surface area contributed by atoms with E-state index < -0.39 is 11.7 Å². The van der Waals surface area contributed by atoms with Crippen molar-refractivity contribution in [3.05, 3.63) is 28.0 Å². The first-order valence-corrected chi connectivity index (χ1v) is 6.11. The monoisotopic (exact) mass is 292 g/mol. The highest BCUT2D eigenvalue weighted by Crippen LogP contribution is 2.56. The molecule has 1 saturated carbocycles.